The topological polar surface area (TPSA) is 58.2 Å². The van der Waals surface area contributed by atoms with Crippen LogP contribution in [0, 0.1) is 5.92 Å². The molecule has 2 aromatic rings. The van der Waals surface area contributed by atoms with Gasteiger partial charge < -0.3 is 10.6 Å². The third-order valence-corrected chi connectivity index (χ3v) is 4.98. The number of thiophene rings is 1. The van der Waals surface area contributed by atoms with Crippen molar-refractivity contribution in [2.24, 2.45) is 5.92 Å². The second kappa shape index (κ2) is 7.42. The van der Waals surface area contributed by atoms with Gasteiger partial charge in [0.15, 0.2) is 0 Å². The molecule has 1 fully saturated rings. The molecule has 1 aromatic carbocycles. The summed E-state index contributed by atoms with van der Waals surface area (Å²) in [5, 5.41) is 7.70. The van der Waals surface area contributed by atoms with Crippen molar-refractivity contribution in [1.82, 2.24) is 0 Å². The molecule has 0 atom stereocenters. The number of rotatable bonds is 4. The minimum absolute atomic E-state index is 0.0893. The molecule has 0 unspecified atom stereocenters. The number of nitrogens with one attached hydrogen (secondary N) is 2. The molecule has 4 nitrogen and oxygen atoms in total. The summed E-state index contributed by atoms with van der Waals surface area (Å²) in [6.07, 6.45) is 5.44. The first kappa shape index (κ1) is 15.7. The average molecular weight is 328 g/mol. The first-order valence-electron chi connectivity index (χ1n) is 7.98. The minimum atomic E-state index is -0.129. The van der Waals surface area contributed by atoms with E-state index in [1.165, 1.54) is 17.8 Å². The summed E-state index contributed by atoms with van der Waals surface area (Å²) in [5.74, 6) is 0.0790. The summed E-state index contributed by atoms with van der Waals surface area (Å²) in [6, 6.07) is 10.9. The van der Waals surface area contributed by atoms with E-state index in [1.807, 2.05) is 29.6 Å². The van der Waals surface area contributed by atoms with Crippen LogP contribution in [0.3, 0.4) is 0 Å². The van der Waals surface area contributed by atoms with Gasteiger partial charge in [-0.2, -0.15) is 0 Å². The number of benzene rings is 1. The first-order valence-corrected chi connectivity index (χ1v) is 8.86. The maximum absolute atomic E-state index is 12.3. The van der Waals surface area contributed by atoms with Crippen molar-refractivity contribution in [1.29, 1.82) is 0 Å². The van der Waals surface area contributed by atoms with E-state index in [2.05, 4.69) is 10.6 Å². The fraction of sp³-hybridized carbons (Fsp3) is 0.333. The Bertz CT molecular complexity index is 676. The molecule has 0 bridgehead atoms. The van der Waals surface area contributed by atoms with E-state index in [0.717, 1.165) is 31.4 Å². The Morgan fingerprint density at radius 2 is 1.70 bits per heavy atom. The number of amides is 2. The van der Waals surface area contributed by atoms with E-state index < -0.39 is 0 Å². The van der Waals surface area contributed by atoms with E-state index in [9.17, 15) is 9.59 Å². The van der Waals surface area contributed by atoms with Crippen LogP contribution >= 0.6 is 11.3 Å². The molecule has 1 saturated carbocycles. The van der Waals surface area contributed by atoms with Gasteiger partial charge in [-0.05, 0) is 42.5 Å². The van der Waals surface area contributed by atoms with Crippen molar-refractivity contribution >= 4 is 34.5 Å². The molecule has 5 heteroatoms. The van der Waals surface area contributed by atoms with Crippen molar-refractivity contribution in [2.75, 3.05) is 10.6 Å². The summed E-state index contributed by atoms with van der Waals surface area (Å²) in [5.41, 5.74) is 1.41. The van der Waals surface area contributed by atoms with Gasteiger partial charge in [0.2, 0.25) is 5.91 Å². The second-order valence-electron chi connectivity index (χ2n) is 5.84. The largest absolute Gasteiger partial charge is 0.326 e. The lowest BCUT2D eigenvalue weighted by Gasteiger charge is -2.20. The van der Waals surface area contributed by atoms with Crippen molar-refractivity contribution in [2.45, 2.75) is 32.1 Å². The monoisotopic (exact) mass is 328 g/mol. The third-order valence-electron chi connectivity index (χ3n) is 4.11. The predicted molar refractivity (Wildman–Crippen MR) is 93.9 cm³/mol. The maximum atomic E-state index is 12.3. The van der Waals surface area contributed by atoms with Crippen LogP contribution in [0.15, 0.2) is 41.8 Å². The van der Waals surface area contributed by atoms with Crippen LogP contribution in [0.4, 0.5) is 11.4 Å². The molecule has 2 N–H and O–H groups in total. The molecule has 0 radical (unpaired) electrons. The van der Waals surface area contributed by atoms with Gasteiger partial charge in [0.1, 0.15) is 0 Å². The number of hydrogen-bond donors (Lipinski definition) is 2. The number of anilines is 2. The van der Waals surface area contributed by atoms with Crippen LogP contribution in [0.25, 0.3) is 0 Å². The van der Waals surface area contributed by atoms with Gasteiger partial charge in [-0.15, -0.1) is 11.3 Å². The molecule has 1 aliphatic carbocycles. The van der Waals surface area contributed by atoms with E-state index in [-0.39, 0.29) is 17.7 Å². The lowest BCUT2D eigenvalue weighted by molar-refractivity contribution is -0.120. The molecule has 23 heavy (non-hydrogen) atoms. The fourth-order valence-corrected chi connectivity index (χ4v) is 3.50. The quantitative estimate of drug-likeness (QED) is 0.867. The zero-order chi connectivity index (χ0) is 16.1. The van der Waals surface area contributed by atoms with Crippen molar-refractivity contribution in [3.63, 3.8) is 0 Å². The van der Waals surface area contributed by atoms with Gasteiger partial charge in [0.25, 0.3) is 5.91 Å². The Kier molecular flexibility index (Phi) is 5.08. The molecule has 0 aliphatic heterocycles. The second-order valence-corrected chi connectivity index (χ2v) is 6.78. The van der Waals surface area contributed by atoms with Crippen LogP contribution in [0.1, 0.15) is 41.8 Å². The van der Waals surface area contributed by atoms with Gasteiger partial charge in [0.05, 0.1) is 4.88 Å². The highest BCUT2D eigenvalue weighted by Gasteiger charge is 2.21. The molecular weight excluding hydrogens is 308 g/mol. The summed E-state index contributed by atoms with van der Waals surface area (Å²) >= 11 is 1.40. The third kappa shape index (κ3) is 4.20. The highest BCUT2D eigenvalue weighted by molar-refractivity contribution is 7.12. The van der Waals surface area contributed by atoms with Crippen LogP contribution in [-0.4, -0.2) is 11.8 Å². The van der Waals surface area contributed by atoms with E-state index in [4.69, 9.17) is 0 Å². The zero-order valence-corrected chi connectivity index (χ0v) is 13.7. The molecular formula is C18H20N2O2S. The molecule has 1 aliphatic rings. The Morgan fingerprint density at radius 1 is 0.957 bits per heavy atom. The predicted octanol–water partition coefficient (Wildman–Crippen LogP) is 4.52. The zero-order valence-electron chi connectivity index (χ0n) is 12.9. The lowest BCUT2D eigenvalue weighted by atomic mass is 9.88. The SMILES string of the molecule is O=C(Nc1cccc(NC(=O)C2CCCCC2)c1)c1cccs1. The van der Waals surface area contributed by atoms with Crippen LogP contribution in [0.5, 0.6) is 0 Å². The van der Waals surface area contributed by atoms with E-state index in [0.29, 0.717) is 10.6 Å². The van der Waals surface area contributed by atoms with Crippen LogP contribution < -0.4 is 10.6 Å². The maximum Gasteiger partial charge on any atom is 0.265 e. The molecule has 2 amide bonds. The van der Waals surface area contributed by atoms with E-state index in [1.54, 1.807) is 12.1 Å². The lowest BCUT2D eigenvalue weighted by Crippen LogP contribution is -2.24. The van der Waals surface area contributed by atoms with Crippen molar-refractivity contribution in [3.8, 4) is 0 Å². The average Bonchev–Trinajstić information content (AvgIpc) is 3.10. The highest BCUT2D eigenvalue weighted by atomic mass is 32.1. The smallest absolute Gasteiger partial charge is 0.265 e. The van der Waals surface area contributed by atoms with Crippen molar-refractivity contribution < 1.29 is 9.59 Å². The molecule has 0 spiro atoms. The Morgan fingerprint density at radius 3 is 2.39 bits per heavy atom. The van der Waals surface area contributed by atoms with E-state index >= 15 is 0 Å². The number of hydrogen-bond acceptors (Lipinski definition) is 3. The Labute approximate surface area is 139 Å². The van der Waals surface area contributed by atoms with Gasteiger partial charge in [-0.25, -0.2) is 0 Å². The van der Waals surface area contributed by atoms with Crippen LogP contribution in [0.2, 0.25) is 0 Å². The molecule has 1 heterocycles. The molecule has 3 rings (SSSR count). The standard InChI is InChI=1S/C18H20N2O2S/c21-17(13-6-2-1-3-7-13)19-14-8-4-9-15(12-14)20-18(22)16-10-5-11-23-16/h4-5,8-13H,1-3,6-7H2,(H,19,21)(H,20,22). The van der Waals surface area contributed by atoms with Crippen molar-refractivity contribution in [3.05, 3.63) is 46.7 Å². The minimum Gasteiger partial charge on any atom is -0.326 e. The van der Waals surface area contributed by atoms with Gasteiger partial charge in [-0.1, -0.05) is 31.4 Å². The Hall–Kier alpha value is -2.14. The first-order chi connectivity index (χ1) is 11.2. The summed E-state index contributed by atoms with van der Waals surface area (Å²) in [6.45, 7) is 0. The summed E-state index contributed by atoms with van der Waals surface area (Å²) in [7, 11) is 0. The summed E-state index contributed by atoms with van der Waals surface area (Å²) in [4.78, 5) is 25.0. The Balaban J connectivity index is 1.62. The molecule has 1 aromatic heterocycles. The van der Waals surface area contributed by atoms with Gasteiger partial charge >= 0.3 is 0 Å². The molecule has 120 valence electrons. The highest BCUT2D eigenvalue weighted by Crippen LogP contribution is 2.25. The van der Waals surface area contributed by atoms with Gasteiger partial charge in [-0.3, -0.25) is 9.59 Å². The normalized spacial score (nSPS) is 15.1. The van der Waals surface area contributed by atoms with Crippen LogP contribution in [-0.2, 0) is 4.79 Å². The number of carbonyl (C=O) groups excluding carboxylic acids is 2. The number of carbonyl (C=O) groups is 2. The van der Waals surface area contributed by atoms with Gasteiger partial charge in [0, 0.05) is 17.3 Å². The molecule has 0 saturated heterocycles. The fourth-order valence-electron chi connectivity index (χ4n) is 2.88. The summed E-state index contributed by atoms with van der Waals surface area (Å²) < 4.78 is 0.